The molecule has 0 atom stereocenters. The highest BCUT2D eigenvalue weighted by molar-refractivity contribution is 5.66. The maximum absolute atomic E-state index is 10.0. The fourth-order valence-electron chi connectivity index (χ4n) is 1.15. The van der Waals surface area contributed by atoms with Crippen molar-refractivity contribution in [3.63, 3.8) is 0 Å². The Morgan fingerprint density at radius 1 is 1.38 bits per heavy atom. The van der Waals surface area contributed by atoms with Gasteiger partial charge in [-0.2, -0.15) is 0 Å². The van der Waals surface area contributed by atoms with Gasteiger partial charge in [0.1, 0.15) is 6.29 Å². The van der Waals surface area contributed by atoms with Crippen molar-refractivity contribution in [3.8, 4) is 0 Å². The van der Waals surface area contributed by atoms with E-state index in [1.807, 2.05) is 18.2 Å². The van der Waals surface area contributed by atoms with E-state index in [4.69, 9.17) is 0 Å². The zero-order valence-corrected chi connectivity index (χ0v) is 7.66. The summed E-state index contributed by atoms with van der Waals surface area (Å²) >= 11 is 0. The van der Waals surface area contributed by atoms with Crippen LogP contribution in [0.5, 0.6) is 0 Å². The molecule has 0 aliphatic carbocycles. The van der Waals surface area contributed by atoms with Crippen molar-refractivity contribution < 1.29 is 4.79 Å². The van der Waals surface area contributed by atoms with Crippen LogP contribution in [0.25, 0.3) is 0 Å². The molecule has 13 heavy (non-hydrogen) atoms. The normalized spacial score (nSPS) is 10.2. The highest BCUT2D eigenvalue weighted by atomic mass is 16.1. The van der Waals surface area contributed by atoms with Crippen molar-refractivity contribution in [3.05, 3.63) is 42.1 Å². The first-order chi connectivity index (χ1) is 6.38. The number of carbonyl (C=O) groups is 1. The lowest BCUT2D eigenvalue weighted by atomic mass is 10.1. The average molecular weight is 175 g/mol. The molecule has 0 saturated carbocycles. The summed E-state index contributed by atoms with van der Waals surface area (Å²) in [5, 5.41) is 3.05. The van der Waals surface area contributed by atoms with E-state index < -0.39 is 0 Å². The molecule has 0 radical (unpaired) electrons. The molecule has 2 nitrogen and oxygen atoms in total. The van der Waals surface area contributed by atoms with Crippen molar-refractivity contribution in [2.24, 2.45) is 0 Å². The van der Waals surface area contributed by atoms with E-state index in [0.717, 1.165) is 18.4 Å². The van der Waals surface area contributed by atoms with Crippen LogP contribution in [0, 0.1) is 0 Å². The Kier molecular flexibility index (Phi) is 3.76. The molecule has 0 spiro atoms. The number of benzene rings is 1. The molecule has 0 heterocycles. The summed E-state index contributed by atoms with van der Waals surface area (Å²) in [7, 11) is 0. The molecule has 1 N–H and O–H groups in total. The van der Waals surface area contributed by atoms with E-state index in [9.17, 15) is 4.79 Å². The summed E-state index contributed by atoms with van der Waals surface area (Å²) in [5.41, 5.74) is 2.31. The van der Waals surface area contributed by atoms with Crippen molar-refractivity contribution in [1.82, 2.24) is 0 Å². The Hall–Kier alpha value is -1.57. The van der Waals surface area contributed by atoms with Crippen LogP contribution in [0.3, 0.4) is 0 Å². The number of rotatable bonds is 4. The monoisotopic (exact) mass is 175 g/mol. The van der Waals surface area contributed by atoms with Gasteiger partial charge in [0.05, 0.1) is 0 Å². The average Bonchev–Trinajstić information content (AvgIpc) is 2.19. The van der Waals surface area contributed by atoms with Crippen molar-refractivity contribution in [2.45, 2.75) is 13.3 Å². The van der Waals surface area contributed by atoms with Gasteiger partial charge in [-0.25, -0.2) is 0 Å². The Labute approximate surface area is 78.3 Å². The summed E-state index contributed by atoms with van der Waals surface area (Å²) in [6.45, 7) is 2.10. The van der Waals surface area contributed by atoms with Crippen LogP contribution < -0.4 is 5.32 Å². The fourth-order valence-corrected chi connectivity index (χ4v) is 1.15. The van der Waals surface area contributed by atoms with Gasteiger partial charge in [-0.3, -0.25) is 4.79 Å². The van der Waals surface area contributed by atoms with E-state index in [-0.39, 0.29) is 0 Å². The maximum Gasteiger partial charge on any atom is 0.144 e. The minimum absolute atomic E-state index is 0.752. The van der Waals surface area contributed by atoms with E-state index in [1.165, 1.54) is 11.6 Å². The molecule has 0 aromatic heterocycles. The fraction of sp³-hybridized carbons (Fsp3) is 0.182. The van der Waals surface area contributed by atoms with Crippen LogP contribution in [0.15, 0.2) is 36.5 Å². The molecular weight excluding hydrogens is 162 g/mol. The number of nitrogens with one attached hydrogen (secondary N) is 1. The third kappa shape index (κ3) is 2.75. The highest BCUT2D eigenvalue weighted by Crippen LogP contribution is 2.14. The van der Waals surface area contributed by atoms with Gasteiger partial charge in [0, 0.05) is 11.9 Å². The lowest BCUT2D eigenvalue weighted by molar-refractivity contribution is -0.104. The molecule has 0 aliphatic heterocycles. The Morgan fingerprint density at radius 2 is 2.15 bits per heavy atom. The van der Waals surface area contributed by atoms with Crippen LogP contribution in [0.2, 0.25) is 0 Å². The molecule has 1 aromatic rings. The second-order valence-corrected chi connectivity index (χ2v) is 2.65. The predicted molar refractivity (Wildman–Crippen MR) is 54.6 cm³/mol. The molecule has 1 rings (SSSR count). The quantitative estimate of drug-likeness (QED) is 0.562. The number of para-hydroxylation sites is 1. The number of anilines is 1. The van der Waals surface area contributed by atoms with Gasteiger partial charge in [-0.1, -0.05) is 25.1 Å². The van der Waals surface area contributed by atoms with Gasteiger partial charge in [0.15, 0.2) is 0 Å². The molecule has 0 bridgehead atoms. The minimum atomic E-state index is 0.752. The number of aryl methyl sites for hydroxylation is 1. The molecule has 0 amide bonds. The van der Waals surface area contributed by atoms with Crippen LogP contribution in [0.4, 0.5) is 5.69 Å². The topological polar surface area (TPSA) is 29.1 Å². The Balaban J connectivity index is 2.74. The number of carbonyl (C=O) groups excluding carboxylic acids is 1. The summed E-state index contributed by atoms with van der Waals surface area (Å²) in [5.74, 6) is 0. The predicted octanol–water partition coefficient (Wildman–Crippen LogP) is 2.37. The third-order valence-corrected chi connectivity index (χ3v) is 1.81. The molecule has 0 unspecified atom stereocenters. The zero-order valence-electron chi connectivity index (χ0n) is 7.66. The second-order valence-electron chi connectivity index (χ2n) is 2.65. The largest absolute Gasteiger partial charge is 0.361 e. The van der Waals surface area contributed by atoms with E-state index in [1.54, 1.807) is 6.20 Å². The number of hydrogen-bond donors (Lipinski definition) is 1. The first-order valence-corrected chi connectivity index (χ1v) is 4.33. The smallest absolute Gasteiger partial charge is 0.144 e. The molecule has 1 aromatic carbocycles. The van der Waals surface area contributed by atoms with E-state index >= 15 is 0 Å². The first kappa shape index (κ1) is 9.52. The zero-order chi connectivity index (χ0) is 9.52. The summed E-state index contributed by atoms with van der Waals surface area (Å²) in [4.78, 5) is 10.0. The molecule has 0 saturated heterocycles. The lowest BCUT2D eigenvalue weighted by Gasteiger charge is -2.05. The molecule has 68 valence electrons. The molecule has 0 aliphatic rings. The van der Waals surface area contributed by atoms with Crippen LogP contribution in [0.1, 0.15) is 12.5 Å². The van der Waals surface area contributed by atoms with Gasteiger partial charge >= 0.3 is 0 Å². The number of hydrogen-bond acceptors (Lipinski definition) is 2. The summed E-state index contributed by atoms with van der Waals surface area (Å²) < 4.78 is 0. The standard InChI is InChI=1S/C11H13NO/c1-2-10-6-3-4-7-11(10)12-8-5-9-13/h3-9,12H,2H2,1H3/b8-5+. The van der Waals surface area contributed by atoms with Crippen molar-refractivity contribution in [1.29, 1.82) is 0 Å². The van der Waals surface area contributed by atoms with Crippen LogP contribution in [-0.4, -0.2) is 6.29 Å². The van der Waals surface area contributed by atoms with Gasteiger partial charge in [-0.15, -0.1) is 0 Å². The highest BCUT2D eigenvalue weighted by Gasteiger charge is 1.94. The Bertz CT molecular complexity index is 305. The molecule has 0 fully saturated rings. The molecule has 2 heteroatoms. The van der Waals surface area contributed by atoms with Gasteiger partial charge < -0.3 is 5.32 Å². The van der Waals surface area contributed by atoms with E-state index in [0.29, 0.717) is 0 Å². The van der Waals surface area contributed by atoms with Crippen molar-refractivity contribution >= 4 is 12.0 Å². The number of allylic oxidation sites excluding steroid dienone is 1. The van der Waals surface area contributed by atoms with Gasteiger partial charge in [0.25, 0.3) is 0 Å². The van der Waals surface area contributed by atoms with Crippen LogP contribution in [-0.2, 0) is 11.2 Å². The van der Waals surface area contributed by atoms with Gasteiger partial charge in [-0.05, 0) is 24.1 Å². The Morgan fingerprint density at radius 3 is 2.85 bits per heavy atom. The van der Waals surface area contributed by atoms with E-state index in [2.05, 4.69) is 18.3 Å². The van der Waals surface area contributed by atoms with Crippen molar-refractivity contribution in [2.75, 3.05) is 5.32 Å². The maximum atomic E-state index is 10.0. The lowest BCUT2D eigenvalue weighted by Crippen LogP contribution is -1.92. The van der Waals surface area contributed by atoms with Gasteiger partial charge in [0.2, 0.25) is 0 Å². The second kappa shape index (κ2) is 5.14. The number of aldehydes is 1. The summed E-state index contributed by atoms with van der Waals surface area (Å²) in [6, 6.07) is 8.04. The minimum Gasteiger partial charge on any atom is -0.361 e. The SMILES string of the molecule is CCc1ccccc1N/C=C/C=O. The van der Waals surface area contributed by atoms with Crippen LogP contribution >= 0.6 is 0 Å². The molecular formula is C11H13NO. The first-order valence-electron chi connectivity index (χ1n) is 4.33. The summed E-state index contributed by atoms with van der Waals surface area (Å²) in [6.07, 6.45) is 4.81. The third-order valence-electron chi connectivity index (χ3n) is 1.81.